The van der Waals surface area contributed by atoms with Gasteiger partial charge in [0.15, 0.2) is 0 Å². The number of amides is 1. The van der Waals surface area contributed by atoms with Crippen molar-refractivity contribution >= 4 is 30.0 Å². The van der Waals surface area contributed by atoms with Crippen LogP contribution in [0.25, 0.3) is 0 Å². The van der Waals surface area contributed by atoms with Crippen LogP contribution in [-0.4, -0.2) is 25.0 Å². The first kappa shape index (κ1) is 16.5. The molecule has 1 aromatic carbocycles. The van der Waals surface area contributed by atoms with Crippen LogP contribution in [0.15, 0.2) is 24.3 Å². The maximum absolute atomic E-state index is 12.1. The smallest absolute Gasteiger partial charge is 0.337 e. The standard InChI is InChI=1S/C14H18N2O3.ClH/c1-19-14(18)9-4-2-5-10(8-9)16-13(17)11-6-3-7-12(11)15;/h2,4-5,8,11-12H,3,6-7,15H2,1H3,(H,16,17);1H. The van der Waals surface area contributed by atoms with E-state index in [0.717, 1.165) is 19.3 Å². The van der Waals surface area contributed by atoms with Gasteiger partial charge in [-0.2, -0.15) is 0 Å². The van der Waals surface area contributed by atoms with Gasteiger partial charge in [0.1, 0.15) is 0 Å². The maximum atomic E-state index is 12.1. The van der Waals surface area contributed by atoms with Gasteiger partial charge in [0.25, 0.3) is 0 Å². The van der Waals surface area contributed by atoms with Crippen molar-refractivity contribution in [3.8, 4) is 0 Å². The summed E-state index contributed by atoms with van der Waals surface area (Å²) in [5, 5.41) is 2.81. The van der Waals surface area contributed by atoms with Gasteiger partial charge in [-0.25, -0.2) is 4.79 Å². The lowest BCUT2D eigenvalue weighted by Gasteiger charge is -2.15. The Morgan fingerprint density at radius 1 is 1.35 bits per heavy atom. The molecule has 5 nitrogen and oxygen atoms in total. The number of carbonyl (C=O) groups excluding carboxylic acids is 2. The van der Waals surface area contributed by atoms with Crippen LogP contribution in [0.3, 0.4) is 0 Å². The quantitative estimate of drug-likeness (QED) is 0.836. The number of halogens is 1. The molecule has 3 N–H and O–H groups in total. The van der Waals surface area contributed by atoms with E-state index >= 15 is 0 Å². The summed E-state index contributed by atoms with van der Waals surface area (Å²) >= 11 is 0. The van der Waals surface area contributed by atoms with E-state index < -0.39 is 5.97 Å². The molecular weight excluding hydrogens is 280 g/mol. The van der Waals surface area contributed by atoms with E-state index in [1.165, 1.54) is 7.11 Å². The van der Waals surface area contributed by atoms with Crippen LogP contribution in [0.4, 0.5) is 5.69 Å². The molecule has 1 saturated carbocycles. The zero-order valence-corrected chi connectivity index (χ0v) is 12.1. The predicted molar refractivity (Wildman–Crippen MR) is 79.0 cm³/mol. The molecule has 0 radical (unpaired) electrons. The van der Waals surface area contributed by atoms with Gasteiger partial charge in [-0.15, -0.1) is 12.4 Å². The first-order valence-electron chi connectivity index (χ1n) is 6.36. The highest BCUT2D eigenvalue weighted by Gasteiger charge is 2.30. The van der Waals surface area contributed by atoms with Crippen molar-refractivity contribution in [1.29, 1.82) is 0 Å². The van der Waals surface area contributed by atoms with E-state index in [4.69, 9.17) is 5.73 Å². The molecule has 0 saturated heterocycles. The summed E-state index contributed by atoms with van der Waals surface area (Å²) in [4.78, 5) is 23.5. The minimum Gasteiger partial charge on any atom is -0.465 e. The van der Waals surface area contributed by atoms with E-state index in [0.29, 0.717) is 11.3 Å². The van der Waals surface area contributed by atoms with Gasteiger partial charge in [0.2, 0.25) is 5.91 Å². The number of hydrogen-bond donors (Lipinski definition) is 2. The highest BCUT2D eigenvalue weighted by molar-refractivity contribution is 5.95. The third kappa shape index (κ3) is 3.71. The Morgan fingerprint density at radius 3 is 2.70 bits per heavy atom. The highest BCUT2D eigenvalue weighted by atomic mass is 35.5. The number of rotatable bonds is 3. The first-order valence-corrected chi connectivity index (χ1v) is 6.36. The van der Waals surface area contributed by atoms with Crippen LogP contribution in [0.1, 0.15) is 29.6 Å². The maximum Gasteiger partial charge on any atom is 0.337 e. The summed E-state index contributed by atoms with van der Waals surface area (Å²) < 4.78 is 4.64. The van der Waals surface area contributed by atoms with Gasteiger partial charge < -0.3 is 15.8 Å². The Balaban J connectivity index is 0.00000200. The van der Waals surface area contributed by atoms with Gasteiger partial charge in [0.05, 0.1) is 18.6 Å². The molecule has 2 rings (SSSR count). The summed E-state index contributed by atoms with van der Waals surface area (Å²) in [6.07, 6.45) is 2.70. The SMILES string of the molecule is COC(=O)c1cccc(NC(=O)C2CCCC2N)c1.Cl. The second-order valence-corrected chi connectivity index (χ2v) is 4.76. The summed E-state index contributed by atoms with van der Waals surface area (Å²) in [7, 11) is 1.32. The molecule has 0 heterocycles. The van der Waals surface area contributed by atoms with Gasteiger partial charge in [0, 0.05) is 11.7 Å². The Bertz CT molecular complexity index is 493. The second-order valence-electron chi connectivity index (χ2n) is 4.76. The molecule has 6 heteroatoms. The van der Waals surface area contributed by atoms with Crippen molar-refractivity contribution in [2.45, 2.75) is 25.3 Å². The molecule has 1 aliphatic carbocycles. The second kappa shape index (κ2) is 7.26. The molecule has 0 spiro atoms. The molecule has 110 valence electrons. The van der Waals surface area contributed by atoms with Crippen molar-refractivity contribution in [1.82, 2.24) is 0 Å². The van der Waals surface area contributed by atoms with Crippen molar-refractivity contribution in [2.24, 2.45) is 11.7 Å². The molecule has 1 fully saturated rings. The zero-order chi connectivity index (χ0) is 13.8. The topological polar surface area (TPSA) is 81.4 Å². The number of carbonyl (C=O) groups is 2. The fourth-order valence-corrected chi connectivity index (χ4v) is 2.39. The molecule has 2 unspecified atom stereocenters. The lowest BCUT2D eigenvalue weighted by atomic mass is 10.0. The fraction of sp³-hybridized carbons (Fsp3) is 0.429. The number of methoxy groups -OCH3 is 1. The van der Waals surface area contributed by atoms with Crippen LogP contribution < -0.4 is 11.1 Å². The lowest BCUT2D eigenvalue weighted by Crippen LogP contribution is -2.34. The van der Waals surface area contributed by atoms with Crippen LogP contribution in [0, 0.1) is 5.92 Å². The molecule has 0 aromatic heterocycles. The van der Waals surface area contributed by atoms with Crippen LogP contribution in [0.2, 0.25) is 0 Å². The molecule has 1 aromatic rings. The Kier molecular flexibility index (Phi) is 5.98. The van der Waals surface area contributed by atoms with Crippen molar-refractivity contribution in [3.05, 3.63) is 29.8 Å². The lowest BCUT2D eigenvalue weighted by molar-refractivity contribution is -0.120. The fourth-order valence-electron chi connectivity index (χ4n) is 2.39. The minimum atomic E-state index is -0.423. The average molecular weight is 299 g/mol. The van der Waals surface area contributed by atoms with E-state index in [-0.39, 0.29) is 30.3 Å². The monoisotopic (exact) mass is 298 g/mol. The zero-order valence-electron chi connectivity index (χ0n) is 11.3. The van der Waals surface area contributed by atoms with Gasteiger partial charge in [-0.05, 0) is 31.0 Å². The largest absolute Gasteiger partial charge is 0.465 e. The number of nitrogens with one attached hydrogen (secondary N) is 1. The van der Waals surface area contributed by atoms with Crippen LogP contribution in [0.5, 0.6) is 0 Å². The van der Waals surface area contributed by atoms with Crippen molar-refractivity contribution < 1.29 is 14.3 Å². The molecule has 1 amide bonds. The number of hydrogen-bond acceptors (Lipinski definition) is 4. The minimum absolute atomic E-state index is 0. The van der Waals surface area contributed by atoms with E-state index in [1.54, 1.807) is 24.3 Å². The average Bonchev–Trinajstić information content (AvgIpc) is 2.84. The first-order chi connectivity index (χ1) is 9.11. The van der Waals surface area contributed by atoms with E-state index in [2.05, 4.69) is 10.1 Å². The van der Waals surface area contributed by atoms with Crippen LogP contribution in [-0.2, 0) is 9.53 Å². The molecular formula is C14H19ClN2O3. The van der Waals surface area contributed by atoms with Crippen molar-refractivity contribution in [3.63, 3.8) is 0 Å². The van der Waals surface area contributed by atoms with Crippen LogP contribution >= 0.6 is 12.4 Å². The number of benzene rings is 1. The molecule has 20 heavy (non-hydrogen) atoms. The van der Waals surface area contributed by atoms with Crippen molar-refractivity contribution in [2.75, 3.05) is 12.4 Å². The summed E-state index contributed by atoms with van der Waals surface area (Å²) in [6, 6.07) is 6.62. The molecule has 1 aliphatic rings. The Hall–Kier alpha value is -1.59. The molecule has 0 aliphatic heterocycles. The number of anilines is 1. The normalized spacial score (nSPS) is 20.9. The highest BCUT2D eigenvalue weighted by Crippen LogP contribution is 2.25. The molecule has 0 bridgehead atoms. The number of nitrogens with two attached hydrogens (primary N) is 1. The van der Waals surface area contributed by atoms with Gasteiger partial charge >= 0.3 is 5.97 Å². The third-order valence-electron chi connectivity index (χ3n) is 3.46. The summed E-state index contributed by atoms with van der Waals surface area (Å²) in [6.45, 7) is 0. The summed E-state index contributed by atoms with van der Waals surface area (Å²) in [5.41, 5.74) is 6.90. The van der Waals surface area contributed by atoms with Gasteiger partial charge in [-0.3, -0.25) is 4.79 Å². The van der Waals surface area contributed by atoms with Gasteiger partial charge in [-0.1, -0.05) is 12.5 Å². The number of ether oxygens (including phenoxy) is 1. The molecule has 2 atom stereocenters. The van der Waals surface area contributed by atoms with E-state index in [1.807, 2.05) is 0 Å². The Morgan fingerprint density at radius 2 is 2.10 bits per heavy atom. The summed E-state index contributed by atoms with van der Waals surface area (Å²) in [5.74, 6) is -0.637. The van der Waals surface area contributed by atoms with E-state index in [9.17, 15) is 9.59 Å². The number of esters is 1. The Labute approximate surface area is 124 Å². The predicted octanol–water partition coefficient (Wildman–Crippen LogP) is 1.96. The third-order valence-corrected chi connectivity index (χ3v) is 3.46.